The molecule has 0 unspecified atom stereocenters. The van der Waals surface area contributed by atoms with Gasteiger partial charge in [0, 0.05) is 16.3 Å². The van der Waals surface area contributed by atoms with Crippen molar-refractivity contribution in [1.29, 1.82) is 0 Å². The number of H-pyrrole nitrogens is 1. The van der Waals surface area contributed by atoms with E-state index in [1.54, 1.807) is 29.2 Å². The minimum atomic E-state index is -0.311. The van der Waals surface area contributed by atoms with E-state index in [9.17, 15) is 9.59 Å². The molecule has 1 saturated heterocycles. The lowest BCUT2D eigenvalue weighted by molar-refractivity contribution is 0.0938. The first-order chi connectivity index (χ1) is 14.1. The molecule has 0 radical (unpaired) electrons. The summed E-state index contributed by atoms with van der Waals surface area (Å²) in [5.74, 6) is 0.451. The highest BCUT2D eigenvalue weighted by Gasteiger charge is 2.36. The van der Waals surface area contributed by atoms with Crippen molar-refractivity contribution in [1.82, 2.24) is 20.6 Å². The van der Waals surface area contributed by atoms with Crippen molar-refractivity contribution in [2.45, 2.75) is 39.3 Å². The van der Waals surface area contributed by atoms with Crippen LogP contribution in [0.25, 0.3) is 11.0 Å². The van der Waals surface area contributed by atoms with Gasteiger partial charge < -0.3 is 15.6 Å². The highest BCUT2D eigenvalue weighted by Crippen LogP contribution is 2.27. The second-order valence-electron chi connectivity index (χ2n) is 8.38. The number of aryl methyl sites for hydroxylation is 1. The number of anilines is 1. The maximum absolute atomic E-state index is 12.8. The molecule has 0 saturated carbocycles. The zero-order valence-electron chi connectivity index (χ0n) is 17.3. The lowest BCUT2D eigenvalue weighted by Crippen LogP contribution is -2.36. The van der Waals surface area contributed by atoms with E-state index in [1.807, 2.05) is 39.8 Å². The van der Waals surface area contributed by atoms with Crippen LogP contribution in [0.15, 0.2) is 36.4 Å². The Labute approximate surface area is 179 Å². The zero-order valence-corrected chi connectivity index (χ0v) is 18.1. The second-order valence-corrected chi connectivity index (χ2v) is 8.82. The third-order valence-corrected chi connectivity index (χ3v) is 5.45. The van der Waals surface area contributed by atoms with E-state index < -0.39 is 0 Å². The molecule has 1 aromatic heterocycles. The van der Waals surface area contributed by atoms with Crippen LogP contribution in [0.1, 0.15) is 48.6 Å². The molecule has 3 aromatic rings. The minimum absolute atomic E-state index is 0.126. The maximum atomic E-state index is 12.8. The quantitative estimate of drug-likeness (QED) is 0.581. The monoisotopic (exact) mass is 425 g/mol. The largest absolute Gasteiger partial charge is 0.342 e. The van der Waals surface area contributed by atoms with Gasteiger partial charge in [0.2, 0.25) is 0 Å². The summed E-state index contributed by atoms with van der Waals surface area (Å²) in [6, 6.07) is 10.4. The molecule has 2 heterocycles. The third-order valence-electron chi connectivity index (χ3n) is 5.21. The van der Waals surface area contributed by atoms with Crippen molar-refractivity contribution in [3.05, 3.63) is 58.4 Å². The van der Waals surface area contributed by atoms with Crippen LogP contribution in [0, 0.1) is 6.92 Å². The van der Waals surface area contributed by atoms with Gasteiger partial charge in [0.15, 0.2) is 0 Å². The van der Waals surface area contributed by atoms with Gasteiger partial charge in [-0.3, -0.25) is 9.69 Å². The molecule has 8 heteroatoms. The van der Waals surface area contributed by atoms with Crippen LogP contribution in [-0.2, 0) is 0 Å². The summed E-state index contributed by atoms with van der Waals surface area (Å²) in [6.07, 6.45) is 0. The Morgan fingerprint density at radius 1 is 1.27 bits per heavy atom. The van der Waals surface area contributed by atoms with E-state index in [0.29, 0.717) is 23.0 Å². The van der Waals surface area contributed by atoms with Gasteiger partial charge in [-0.2, -0.15) is 0 Å². The Bertz CT molecular complexity index is 1150. The third kappa shape index (κ3) is 3.85. The highest BCUT2D eigenvalue weighted by molar-refractivity contribution is 6.31. The van der Waals surface area contributed by atoms with E-state index in [2.05, 4.69) is 20.6 Å². The van der Waals surface area contributed by atoms with Gasteiger partial charge in [-0.05, 0) is 69.7 Å². The number of carbonyl (C=O) groups is 2. The Morgan fingerprint density at radius 2 is 2.03 bits per heavy atom. The summed E-state index contributed by atoms with van der Waals surface area (Å²) in [7, 11) is 0. The van der Waals surface area contributed by atoms with E-state index >= 15 is 0 Å². The number of urea groups is 1. The number of benzene rings is 2. The van der Waals surface area contributed by atoms with Crippen molar-refractivity contribution in [3.8, 4) is 0 Å². The summed E-state index contributed by atoms with van der Waals surface area (Å²) >= 11 is 6.02. The second kappa shape index (κ2) is 7.32. The number of carbonyl (C=O) groups excluding carboxylic acids is 2. The first-order valence-corrected chi connectivity index (χ1v) is 10.2. The molecule has 3 N–H and O–H groups in total. The fourth-order valence-corrected chi connectivity index (χ4v) is 3.88. The van der Waals surface area contributed by atoms with Gasteiger partial charge in [-0.1, -0.05) is 11.6 Å². The van der Waals surface area contributed by atoms with Gasteiger partial charge >= 0.3 is 6.03 Å². The standard InChI is InChI=1S/C22H24ClN5O2/c1-12-9-14(5-8-18(12)28-11-22(3,4)27-21(28)30)20(29)24-13(2)19-25-16-7-6-15(23)10-17(16)26-19/h5-10,13H,11H2,1-4H3,(H,24,29)(H,25,26)(H,27,30)/t13-/m0/s1. The Kier molecular flexibility index (Phi) is 4.94. The van der Waals surface area contributed by atoms with E-state index in [1.165, 1.54) is 0 Å². The number of hydrogen-bond donors (Lipinski definition) is 3. The van der Waals surface area contributed by atoms with Crippen molar-refractivity contribution < 1.29 is 9.59 Å². The molecule has 3 amide bonds. The topological polar surface area (TPSA) is 90.1 Å². The summed E-state index contributed by atoms with van der Waals surface area (Å²) in [5.41, 5.74) is 3.53. The fraction of sp³-hybridized carbons (Fsp3) is 0.318. The smallest absolute Gasteiger partial charge is 0.322 e. The summed E-state index contributed by atoms with van der Waals surface area (Å²) in [4.78, 5) is 34.5. The molecule has 1 atom stereocenters. The van der Waals surface area contributed by atoms with Crippen LogP contribution < -0.4 is 15.5 Å². The maximum Gasteiger partial charge on any atom is 0.322 e. The summed E-state index contributed by atoms with van der Waals surface area (Å²) < 4.78 is 0. The van der Waals surface area contributed by atoms with E-state index in [-0.39, 0.29) is 23.5 Å². The molecule has 1 fully saturated rings. The number of imidazole rings is 1. The van der Waals surface area contributed by atoms with Gasteiger partial charge in [-0.15, -0.1) is 0 Å². The molecule has 4 rings (SSSR count). The molecule has 2 aromatic carbocycles. The highest BCUT2D eigenvalue weighted by atomic mass is 35.5. The van der Waals surface area contributed by atoms with Crippen LogP contribution in [0.3, 0.4) is 0 Å². The van der Waals surface area contributed by atoms with Crippen LogP contribution in [0.5, 0.6) is 0 Å². The summed E-state index contributed by atoms with van der Waals surface area (Å²) in [5, 5.41) is 6.54. The van der Waals surface area contributed by atoms with Crippen LogP contribution >= 0.6 is 11.6 Å². The Balaban J connectivity index is 1.50. The molecule has 7 nitrogen and oxygen atoms in total. The molecule has 0 spiro atoms. The molecular formula is C22H24ClN5O2. The van der Waals surface area contributed by atoms with Crippen LogP contribution in [0.4, 0.5) is 10.5 Å². The molecule has 156 valence electrons. The average molecular weight is 426 g/mol. The number of halogens is 1. The predicted molar refractivity (Wildman–Crippen MR) is 118 cm³/mol. The van der Waals surface area contributed by atoms with Crippen molar-refractivity contribution >= 4 is 40.3 Å². The average Bonchev–Trinajstić information content (AvgIpc) is 3.20. The molecule has 0 bridgehead atoms. The van der Waals surface area contributed by atoms with E-state index in [4.69, 9.17) is 11.6 Å². The number of aromatic nitrogens is 2. The lowest BCUT2D eigenvalue weighted by atomic mass is 10.1. The molecule has 30 heavy (non-hydrogen) atoms. The van der Waals surface area contributed by atoms with Gasteiger partial charge in [0.25, 0.3) is 5.91 Å². The minimum Gasteiger partial charge on any atom is -0.342 e. The first kappa shape index (κ1) is 20.2. The number of hydrogen-bond acceptors (Lipinski definition) is 3. The fourth-order valence-electron chi connectivity index (χ4n) is 3.71. The lowest BCUT2D eigenvalue weighted by Gasteiger charge is -2.20. The number of fused-ring (bicyclic) bond motifs is 1. The Hall–Kier alpha value is -3.06. The van der Waals surface area contributed by atoms with Crippen LogP contribution in [-0.4, -0.2) is 34.0 Å². The SMILES string of the molecule is Cc1cc(C(=O)N[C@@H](C)c2nc3cc(Cl)ccc3[nH]2)ccc1N1CC(C)(C)NC1=O. The number of rotatable bonds is 4. The number of nitrogens with zero attached hydrogens (tertiary/aromatic N) is 2. The van der Waals surface area contributed by atoms with Crippen molar-refractivity contribution in [2.75, 3.05) is 11.4 Å². The first-order valence-electron chi connectivity index (χ1n) is 9.79. The number of aromatic amines is 1. The van der Waals surface area contributed by atoms with Gasteiger partial charge in [0.1, 0.15) is 5.82 Å². The predicted octanol–water partition coefficient (Wildman–Crippen LogP) is 4.32. The zero-order chi connectivity index (χ0) is 21.6. The van der Waals surface area contributed by atoms with Crippen molar-refractivity contribution in [2.24, 2.45) is 0 Å². The van der Waals surface area contributed by atoms with Gasteiger partial charge in [-0.25, -0.2) is 9.78 Å². The molecule has 1 aliphatic heterocycles. The molecule has 0 aliphatic carbocycles. The molecular weight excluding hydrogens is 402 g/mol. The normalized spacial score (nSPS) is 16.6. The van der Waals surface area contributed by atoms with Crippen molar-refractivity contribution in [3.63, 3.8) is 0 Å². The summed E-state index contributed by atoms with van der Waals surface area (Å²) in [6.45, 7) is 8.31. The van der Waals surface area contributed by atoms with Gasteiger partial charge in [0.05, 0.1) is 29.2 Å². The number of amides is 3. The number of nitrogens with one attached hydrogen (secondary N) is 3. The van der Waals surface area contributed by atoms with Crippen LogP contribution in [0.2, 0.25) is 5.02 Å². The Morgan fingerprint density at radius 3 is 2.70 bits per heavy atom. The van der Waals surface area contributed by atoms with E-state index in [0.717, 1.165) is 22.3 Å². The molecule has 1 aliphatic rings.